The molecule has 0 bridgehead atoms. The second-order valence-electron chi connectivity index (χ2n) is 4.85. The zero-order chi connectivity index (χ0) is 16.3. The van der Waals surface area contributed by atoms with Crippen LogP contribution in [0.25, 0.3) is 0 Å². The zero-order valence-electron chi connectivity index (χ0n) is 12.2. The number of aromatic nitrogens is 2. The van der Waals surface area contributed by atoms with Gasteiger partial charge in [0.25, 0.3) is 5.56 Å². The van der Waals surface area contributed by atoms with Gasteiger partial charge in [-0.05, 0) is 19.9 Å². The smallest absolute Gasteiger partial charge is 0.250 e. The number of aliphatic hydroxyl groups excluding tert-OH is 1. The van der Waals surface area contributed by atoms with Gasteiger partial charge in [-0.15, -0.1) is 0 Å². The molecule has 0 aliphatic heterocycles. The van der Waals surface area contributed by atoms with Crippen molar-refractivity contribution in [3.8, 4) is 0 Å². The Balaban J connectivity index is 2.03. The number of nitrogens with one attached hydrogen (secondary N) is 1. The topological polar surface area (TPSA) is 114 Å². The molecule has 2 N–H and O–H groups in total. The lowest BCUT2D eigenvalue weighted by Gasteiger charge is -2.13. The van der Waals surface area contributed by atoms with Crippen molar-refractivity contribution < 1.29 is 18.0 Å². The molecule has 2 aromatic heterocycles. The van der Waals surface area contributed by atoms with E-state index in [-0.39, 0.29) is 35.0 Å². The Morgan fingerprint density at radius 2 is 2.14 bits per heavy atom. The van der Waals surface area contributed by atoms with Crippen molar-refractivity contribution in [3.05, 3.63) is 46.2 Å². The Kier molecular flexibility index (Phi) is 4.79. The van der Waals surface area contributed by atoms with Gasteiger partial charge in [0.1, 0.15) is 10.6 Å². The van der Waals surface area contributed by atoms with Crippen LogP contribution in [0.4, 0.5) is 0 Å². The molecule has 0 fully saturated rings. The number of hydrogen-bond acceptors (Lipinski definition) is 6. The van der Waals surface area contributed by atoms with Crippen molar-refractivity contribution in [2.24, 2.45) is 0 Å². The first kappa shape index (κ1) is 16.4. The Hall–Kier alpha value is -1.97. The van der Waals surface area contributed by atoms with Gasteiger partial charge in [0.15, 0.2) is 5.76 Å². The monoisotopic (exact) mass is 327 g/mol. The van der Waals surface area contributed by atoms with E-state index in [4.69, 9.17) is 4.52 Å². The summed E-state index contributed by atoms with van der Waals surface area (Å²) < 4.78 is 32.7. The van der Waals surface area contributed by atoms with Crippen molar-refractivity contribution in [1.29, 1.82) is 0 Å². The molecule has 22 heavy (non-hydrogen) atoms. The summed E-state index contributed by atoms with van der Waals surface area (Å²) in [5.74, 6) is 0.179. The fraction of sp³-hybridized carbons (Fsp3) is 0.385. The molecule has 0 aromatic carbocycles. The number of pyridine rings is 1. The molecule has 1 unspecified atom stereocenters. The van der Waals surface area contributed by atoms with Crippen LogP contribution in [0.15, 0.2) is 38.6 Å². The van der Waals surface area contributed by atoms with E-state index < -0.39 is 16.1 Å². The van der Waals surface area contributed by atoms with Gasteiger partial charge >= 0.3 is 0 Å². The normalized spacial score (nSPS) is 13.2. The number of sulfonamides is 1. The minimum absolute atomic E-state index is 0.0101. The molecule has 0 saturated heterocycles. The number of nitrogens with zero attached hydrogens (tertiary/aromatic N) is 2. The number of hydrogen-bond donors (Lipinski definition) is 2. The number of aliphatic hydroxyl groups is 1. The third-order valence-electron chi connectivity index (χ3n) is 3.05. The van der Waals surface area contributed by atoms with E-state index in [0.717, 1.165) is 0 Å². The fourth-order valence-corrected chi connectivity index (χ4v) is 3.44. The van der Waals surface area contributed by atoms with Gasteiger partial charge in [0.05, 0.1) is 12.6 Å². The van der Waals surface area contributed by atoms with Gasteiger partial charge in [-0.25, -0.2) is 13.1 Å². The average Bonchev–Trinajstić information content (AvgIpc) is 2.79. The van der Waals surface area contributed by atoms with E-state index in [2.05, 4.69) is 9.88 Å². The quantitative estimate of drug-likeness (QED) is 0.759. The van der Waals surface area contributed by atoms with Gasteiger partial charge in [-0.2, -0.15) is 0 Å². The predicted molar refractivity (Wildman–Crippen MR) is 77.9 cm³/mol. The van der Waals surface area contributed by atoms with E-state index in [9.17, 15) is 18.3 Å². The molecule has 0 saturated carbocycles. The summed E-state index contributed by atoms with van der Waals surface area (Å²) in [6.45, 7) is 2.77. The molecular weight excluding hydrogens is 310 g/mol. The van der Waals surface area contributed by atoms with E-state index in [1.165, 1.54) is 30.7 Å². The Morgan fingerprint density at radius 3 is 2.73 bits per heavy atom. The molecule has 0 radical (unpaired) electrons. The number of aryl methyl sites for hydroxylation is 2. The summed E-state index contributed by atoms with van der Waals surface area (Å²) in [7, 11) is -3.83. The summed E-state index contributed by atoms with van der Waals surface area (Å²) in [6, 6.07) is 4.61. The van der Waals surface area contributed by atoms with Gasteiger partial charge < -0.3 is 14.2 Å². The van der Waals surface area contributed by atoms with E-state index in [0.29, 0.717) is 0 Å². The first-order valence-corrected chi connectivity index (χ1v) is 8.05. The first-order chi connectivity index (χ1) is 10.3. The molecule has 0 aliphatic carbocycles. The molecule has 120 valence electrons. The van der Waals surface area contributed by atoms with Crippen LogP contribution < -0.4 is 10.3 Å². The van der Waals surface area contributed by atoms with Crippen LogP contribution in [0, 0.1) is 13.8 Å². The molecule has 0 aliphatic rings. The fourth-order valence-electron chi connectivity index (χ4n) is 2.04. The molecule has 1 atom stereocenters. The van der Waals surface area contributed by atoms with Crippen LogP contribution in [0.3, 0.4) is 0 Å². The Morgan fingerprint density at radius 1 is 1.41 bits per heavy atom. The van der Waals surface area contributed by atoms with Crippen LogP contribution in [-0.2, 0) is 16.6 Å². The highest BCUT2D eigenvalue weighted by Gasteiger charge is 2.24. The third kappa shape index (κ3) is 3.62. The van der Waals surface area contributed by atoms with E-state index >= 15 is 0 Å². The Bertz CT molecular complexity index is 790. The second kappa shape index (κ2) is 6.42. The molecule has 2 rings (SSSR count). The maximum Gasteiger partial charge on any atom is 0.250 e. The van der Waals surface area contributed by atoms with Gasteiger partial charge in [-0.1, -0.05) is 11.2 Å². The van der Waals surface area contributed by atoms with E-state index in [1.54, 1.807) is 12.1 Å². The van der Waals surface area contributed by atoms with Crippen molar-refractivity contribution in [2.45, 2.75) is 31.4 Å². The predicted octanol–water partition coefficient (Wildman–Crippen LogP) is -0.207. The minimum atomic E-state index is -3.83. The molecule has 9 heteroatoms. The highest BCUT2D eigenvalue weighted by Crippen LogP contribution is 2.18. The summed E-state index contributed by atoms with van der Waals surface area (Å²) >= 11 is 0. The Labute approximate surface area is 127 Å². The van der Waals surface area contributed by atoms with Crippen molar-refractivity contribution in [3.63, 3.8) is 0 Å². The van der Waals surface area contributed by atoms with Crippen LogP contribution in [0.1, 0.15) is 11.5 Å². The van der Waals surface area contributed by atoms with Crippen molar-refractivity contribution in [1.82, 2.24) is 14.4 Å². The van der Waals surface area contributed by atoms with Crippen molar-refractivity contribution in [2.75, 3.05) is 6.54 Å². The molecular formula is C13H17N3O5S. The standard InChI is InChI=1S/C13H17N3O5S/c1-9-13(10(2)21-15-9)22(19,20)14-7-11(17)8-16-6-4-3-5-12(16)18/h3-6,11,14,17H,7-8H2,1-2H3. The number of rotatable bonds is 6. The lowest BCUT2D eigenvalue weighted by molar-refractivity contribution is 0.156. The summed E-state index contributed by atoms with van der Waals surface area (Å²) in [5, 5.41) is 13.5. The molecule has 2 heterocycles. The SMILES string of the molecule is Cc1noc(C)c1S(=O)(=O)NCC(O)Cn1ccccc1=O. The highest BCUT2D eigenvalue weighted by atomic mass is 32.2. The van der Waals surface area contributed by atoms with Gasteiger partial charge in [-0.3, -0.25) is 4.79 Å². The maximum atomic E-state index is 12.2. The molecule has 8 nitrogen and oxygen atoms in total. The molecule has 0 spiro atoms. The lowest BCUT2D eigenvalue weighted by atomic mass is 10.3. The van der Waals surface area contributed by atoms with E-state index in [1.807, 2.05) is 0 Å². The summed E-state index contributed by atoms with van der Waals surface area (Å²) in [5.41, 5.74) is -0.0195. The van der Waals surface area contributed by atoms with Crippen LogP contribution in [0.5, 0.6) is 0 Å². The van der Waals surface area contributed by atoms with Gasteiger partial charge in [0, 0.05) is 18.8 Å². The minimum Gasteiger partial charge on any atom is -0.390 e. The lowest BCUT2D eigenvalue weighted by Crippen LogP contribution is -2.36. The average molecular weight is 327 g/mol. The van der Waals surface area contributed by atoms with Crippen LogP contribution in [0.2, 0.25) is 0 Å². The van der Waals surface area contributed by atoms with Gasteiger partial charge in [0.2, 0.25) is 10.0 Å². The van der Waals surface area contributed by atoms with Crippen molar-refractivity contribution >= 4 is 10.0 Å². The summed E-state index contributed by atoms with van der Waals surface area (Å²) in [6.07, 6.45) is 0.476. The van der Waals surface area contributed by atoms with Crippen LogP contribution >= 0.6 is 0 Å². The maximum absolute atomic E-state index is 12.2. The molecule has 0 amide bonds. The van der Waals surface area contributed by atoms with Crippen LogP contribution in [-0.4, -0.2) is 35.9 Å². The largest absolute Gasteiger partial charge is 0.390 e. The third-order valence-corrected chi connectivity index (χ3v) is 4.72. The first-order valence-electron chi connectivity index (χ1n) is 6.57. The summed E-state index contributed by atoms with van der Waals surface area (Å²) in [4.78, 5) is 11.5. The highest BCUT2D eigenvalue weighted by molar-refractivity contribution is 7.89. The molecule has 2 aromatic rings. The zero-order valence-corrected chi connectivity index (χ0v) is 13.0. The second-order valence-corrected chi connectivity index (χ2v) is 6.55.